The number of carbonyl (C=O) groups excluding carboxylic acids is 4. The van der Waals surface area contributed by atoms with E-state index in [9.17, 15) is 19.5 Å². The molecule has 0 aromatic heterocycles. The van der Waals surface area contributed by atoms with Gasteiger partial charge in [-0.1, -0.05) is 145 Å². The van der Waals surface area contributed by atoms with Crippen molar-refractivity contribution in [1.82, 2.24) is 15.1 Å². The number of aromatic hydroxyl groups is 1. The quantitative estimate of drug-likeness (QED) is 0.100. The number of amides is 4. The predicted molar refractivity (Wildman–Crippen MR) is 242 cm³/mol. The van der Waals surface area contributed by atoms with Gasteiger partial charge in [-0.25, -0.2) is 9.69 Å². The first-order valence-electron chi connectivity index (χ1n) is 21.3. The van der Waals surface area contributed by atoms with Crippen molar-refractivity contribution in [3.8, 4) is 17.6 Å². The molecule has 11 nitrogen and oxygen atoms in total. The number of benzene rings is 6. The minimum Gasteiger partial charge on any atom is -0.508 e. The van der Waals surface area contributed by atoms with E-state index in [4.69, 9.17) is 10.5 Å². The van der Waals surface area contributed by atoms with Gasteiger partial charge in [0, 0.05) is 12.1 Å². The van der Waals surface area contributed by atoms with Crippen LogP contribution in [0.2, 0.25) is 0 Å². The minimum atomic E-state index is -1.99. The summed E-state index contributed by atoms with van der Waals surface area (Å²) in [6, 6.07) is 45.3. The zero-order valence-corrected chi connectivity index (χ0v) is 35.4. The summed E-state index contributed by atoms with van der Waals surface area (Å²) in [7, 11) is 1.98. The van der Waals surface area contributed by atoms with Gasteiger partial charge < -0.3 is 20.9 Å². The number of morpholine rings is 1. The second-order valence-electron chi connectivity index (χ2n) is 16.7. The largest absolute Gasteiger partial charge is 0.508 e. The summed E-state index contributed by atoms with van der Waals surface area (Å²) in [5, 5.41) is 13.6. The van der Waals surface area contributed by atoms with Gasteiger partial charge in [0.15, 0.2) is 0 Å². The Bertz CT molecular complexity index is 2760. The second kappa shape index (κ2) is 17.3. The lowest BCUT2D eigenvalue weighted by Gasteiger charge is -2.46. The first-order valence-corrected chi connectivity index (χ1v) is 21.3. The summed E-state index contributed by atoms with van der Waals surface area (Å²) in [4.78, 5) is 65.4. The van der Waals surface area contributed by atoms with Gasteiger partial charge in [0.25, 0.3) is 0 Å². The molecule has 320 valence electrons. The molecular formula is C53H47N5O6. The van der Waals surface area contributed by atoms with Gasteiger partial charge in [-0.2, -0.15) is 0 Å². The van der Waals surface area contributed by atoms with E-state index in [1.807, 2.05) is 128 Å². The number of rotatable bonds is 9. The molecule has 0 radical (unpaired) electrons. The van der Waals surface area contributed by atoms with Crippen LogP contribution in [0.5, 0.6) is 5.75 Å². The van der Waals surface area contributed by atoms with Crippen molar-refractivity contribution in [2.24, 2.45) is 11.7 Å². The van der Waals surface area contributed by atoms with Crippen LogP contribution in [-0.2, 0) is 31.1 Å². The molecule has 3 aliphatic rings. The lowest BCUT2D eigenvalue weighted by atomic mass is 9.65. The molecule has 1 spiro atoms. The number of primary amides is 1. The number of ether oxygens (including phenoxy) is 1. The van der Waals surface area contributed by atoms with E-state index in [1.54, 1.807) is 30.3 Å². The molecule has 3 heterocycles. The van der Waals surface area contributed by atoms with Crippen molar-refractivity contribution in [3.05, 3.63) is 203 Å². The number of anilines is 1. The number of nitrogens with one attached hydrogen (secondary N) is 1. The normalized spacial score (nSPS) is 22.9. The highest BCUT2D eigenvalue weighted by molar-refractivity contribution is 6.24. The number of hydrogen-bond acceptors (Lipinski definition) is 8. The van der Waals surface area contributed by atoms with Gasteiger partial charge in [-0.05, 0) is 77.7 Å². The van der Waals surface area contributed by atoms with E-state index in [2.05, 4.69) is 34.2 Å². The molecule has 7 atom stereocenters. The molecule has 3 aliphatic heterocycles. The van der Waals surface area contributed by atoms with Gasteiger partial charge in [-0.3, -0.25) is 24.2 Å². The number of cyclic esters (lactones) is 1. The first kappa shape index (κ1) is 41.8. The van der Waals surface area contributed by atoms with Gasteiger partial charge in [-0.15, -0.1) is 0 Å². The number of nitrogens with zero attached hydrogens (tertiary/aromatic N) is 3. The number of nitrogens with two attached hydrogens (primary N) is 1. The maximum Gasteiger partial charge on any atom is 0.329 e. The minimum absolute atomic E-state index is 0.0255. The second-order valence-corrected chi connectivity index (χ2v) is 16.7. The Balaban J connectivity index is 1.26. The summed E-state index contributed by atoms with van der Waals surface area (Å²) in [5.41, 5.74) is 9.52. The number of hydrogen-bond donors (Lipinski definition) is 3. The average molecular weight is 850 g/mol. The number of fused-ring (bicyclic) bond motifs is 3. The zero-order valence-electron chi connectivity index (χ0n) is 35.4. The molecule has 11 heteroatoms. The Morgan fingerprint density at radius 1 is 0.797 bits per heavy atom. The zero-order chi connectivity index (χ0) is 44.5. The van der Waals surface area contributed by atoms with Crippen molar-refractivity contribution in [2.45, 2.75) is 49.2 Å². The number of phenolic OH excluding ortho intramolecular Hbond substituents is 1. The van der Waals surface area contributed by atoms with E-state index in [0.29, 0.717) is 35.3 Å². The molecule has 4 amide bonds. The van der Waals surface area contributed by atoms with Crippen molar-refractivity contribution in [1.29, 1.82) is 0 Å². The van der Waals surface area contributed by atoms with Crippen molar-refractivity contribution in [3.63, 3.8) is 0 Å². The molecule has 0 unspecified atom stereocenters. The molecule has 6 aromatic carbocycles. The third-order valence-corrected chi connectivity index (χ3v) is 12.7. The first-order chi connectivity index (χ1) is 31.1. The molecule has 64 heavy (non-hydrogen) atoms. The van der Waals surface area contributed by atoms with E-state index in [1.165, 1.54) is 12.1 Å². The molecule has 0 saturated carbocycles. The molecule has 4 N–H and O–H groups in total. The highest BCUT2D eigenvalue weighted by Crippen LogP contribution is 2.65. The van der Waals surface area contributed by atoms with Crippen LogP contribution in [0.3, 0.4) is 0 Å². The van der Waals surface area contributed by atoms with E-state index >= 15 is 4.79 Å². The number of carbonyl (C=O) groups is 4. The molecule has 9 rings (SSSR count). The number of urea groups is 1. The fraction of sp³-hybridized carbons (Fsp3) is 0.208. The maximum atomic E-state index is 16.1. The highest BCUT2D eigenvalue weighted by Gasteiger charge is 2.75. The van der Waals surface area contributed by atoms with E-state index in [0.717, 1.165) is 21.6 Å². The predicted octanol–water partition coefficient (Wildman–Crippen LogP) is 7.50. The summed E-state index contributed by atoms with van der Waals surface area (Å²) >= 11 is 0. The van der Waals surface area contributed by atoms with Crippen molar-refractivity contribution >= 4 is 29.5 Å². The molecule has 2 fully saturated rings. The van der Waals surface area contributed by atoms with Crippen molar-refractivity contribution < 1.29 is 29.0 Å². The SMILES string of the molecule is C[C@@H](NC(=O)N1C(=O)[C@@]2(c3cc(C#CCN(C)Cc4ccccc4)ccc31)[C@H](c1ccc(O)cc1)N1[C@H](c3ccccc3)[C@H](c3ccccc3)OC(=O)[C@H]1[C@@H]2C(N)=O)c1ccccc1. The van der Waals surface area contributed by atoms with Crippen LogP contribution in [0.25, 0.3) is 0 Å². The third kappa shape index (κ3) is 7.36. The van der Waals surface area contributed by atoms with Crippen LogP contribution < -0.4 is 16.0 Å². The topological polar surface area (TPSA) is 146 Å². The smallest absolute Gasteiger partial charge is 0.329 e. The van der Waals surface area contributed by atoms with Gasteiger partial charge >= 0.3 is 12.0 Å². The lowest BCUT2D eigenvalue weighted by molar-refractivity contribution is -0.178. The monoisotopic (exact) mass is 849 g/mol. The van der Waals surface area contributed by atoms with Crippen LogP contribution in [0, 0.1) is 17.8 Å². The Morgan fingerprint density at radius 3 is 2.05 bits per heavy atom. The summed E-state index contributed by atoms with van der Waals surface area (Å²) in [5.74, 6) is 2.58. The summed E-state index contributed by atoms with van der Waals surface area (Å²) < 4.78 is 6.42. The molecule has 0 aliphatic carbocycles. The van der Waals surface area contributed by atoms with Gasteiger partial charge in [0.2, 0.25) is 11.8 Å². The van der Waals surface area contributed by atoms with Crippen LogP contribution >= 0.6 is 0 Å². The average Bonchev–Trinajstić information content (AvgIpc) is 3.77. The fourth-order valence-electron chi connectivity index (χ4n) is 9.97. The number of esters is 1. The summed E-state index contributed by atoms with van der Waals surface area (Å²) in [6.07, 6.45) is -0.886. The third-order valence-electron chi connectivity index (χ3n) is 12.7. The Labute approximate surface area is 372 Å². The molecule has 6 aromatic rings. The van der Waals surface area contributed by atoms with Crippen LogP contribution in [0.15, 0.2) is 164 Å². The van der Waals surface area contributed by atoms with E-state index < -0.39 is 65.4 Å². The highest BCUT2D eigenvalue weighted by atomic mass is 16.6. The Morgan fingerprint density at radius 2 is 1.41 bits per heavy atom. The Kier molecular flexibility index (Phi) is 11.3. The molecular weight excluding hydrogens is 803 g/mol. The Hall–Kier alpha value is -7.52. The van der Waals surface area contributed by atoms with Crippen molar-refractivity contribution in [2.75, 3.05) is 18.5 Å². The molecule has 0 bridgehead atoms. The van der Waals surface area contributed by atoms with E-state index in [-0.39, 0.29) is 11.4 Å². The number of imide groups is 1. The van der Waals surface area contributed by atoms with Gasteiger partial charge in [0.1, 0.15) is 23.3 Å². The number of phenols is 1. The van der Waals surface area contributed by atoms with Crippen LogP contribution in [0.1, 0.15) is 70.1 Å². The van der Waals surface area contributed by atoms with Crippen LogP contribution in [-0.4, -0.2) is 58.4 Å². The molecule has 2 saturated heterocycles. The fourth-order valence-corrected chi connectivity index (χ4v) is 9.97. The van der Waals surface area contributed by atoms with Crippen LogP contribution in [0.4, 0.5) is 10.5 Å². The standard InChI is InChI=1S/C53H47N5O6/c1-34(37-19-9-4-10-20-37)55-52(63)57-43-30-25-35(18-15-31-56(2)33-36-16-7-3-8-17-36)32-42(43)53(51(57)62)44(49(54)60)46-50(61)64-47(39-23-13-6-14-24-39)45(38-21-11-5-12-22-38)58(46)48(53)40-26-28-41(59)29-27-40/h3-14,16-17,19-30,32,34,44-48,59H,31,33H2,1-2H3,(H2,54,60)(H,55,63)/t34-,44-,45-,46-,47+,48+,53-/m1/s1. The van der Waals surface area contributed by atoms with Gasteiger partial charge in [0.05, 0.1) is 36.3 Å². The maximum absolute atomic E-state index is 16.1. The summed E-state index contributed by atoms with van der Waals surface area (Å²) in [6.45, 7) is 2.92. The lowest BCUT2D eigenvalue weighted by Crippen LogP contribution is -2.55.